The smallest absolute Gasteiger partial charge is 0.318 e. The molecule has 0 aliphatic carbocycles. The van der Waals surface area contributed by atoms with E-state index in [1.54, 1.807) is 54.7 Å². The average Bonchev–Trinajstić information content (AvgIpc) is 3.32. The summed E-state index contributed by atoms with van der Waals surface area (Å²) < 4.78 is 5.28. The summed E-state index contributed by atoms with van der Waals surface area (Å²) in [6, 6.07) is 2.95. The highest BCUT2D eigenvalue weighted by atomic mass is 32.1. The molecule has 0 aliphatic heterocycles. The van der Waals surface area contributed by atoms with E-state index in [1.807, 2.05) is 5.38 Å². The van der Waals surface area contributed by atoms with Crippen LogP contribution in [0.25, 0.3) is 11.4 Å². The highest BCUT2D eigenvalue weighted by Gasteiger charge is 2.20. The fourth-order valence-electron chi connectivity index (χ4n) is 2.36. The van der Waals surface area contributed by atoms with Gasteiger partial charge in [0.05, 0.1) is 17.2 Å². The molecule has 0 aromatic carbocycles. The molecule has 3 heterocycles. The summed E-state index contributed by atoms with van der Waals surface area (Å²) in [5.41, 5.74) is 1.69. The average molecular weight is 386 g/mol. The van der Waals surface area contributed by atoms with E-state index in [2.05, 4.69) is 39.3 Å². The lowest BCUT2D eigenvalue weighted by Crippen LogP contribution is -2.38. The molecule has 9 heteroatoms. The van der Waals surface area contributed by atoms with Gasteiger partial charge in [-0.1, -0.05) is 19.0 Å². The number of amides is 2. The van der Waals surface area contributed by atoms with Crippen molar-refractivity contribution >= 4 is 17.4 Å². The number of nitrogens with zero attached hydrogens (tertiary/aromatic N) is 5. The Morgan fingerprint density at radius 2 is 2.00 bits per heavy atom. The summed E-state index contributed by atoms with van der Waals surface area (Å²) in [4.78, 5) is 26.9. The number of hydrogen-bond donors (Lipinski definition) is 1. The van der Waals surface area contributed by atoms with Gasteiger partial charge in [-0.15, -0.1) is 11.3 Å². The minimum Gasteiger partial charge on any atom is -0.337 e. The van der Waals surface area contributed by atoms with Crippen LogP contribution >= 0.6 is 11.3 Å². The Morgan fingerprint density at radius 3 is 2.67 bits per heavy atom. The molecule has 0 unspecified atom stereocenters. The van der Waals surface area contributed by atoms with Crippen molar-refractivity contribution in [1.82, 2.24) is 30.3 Å². The second kappa shape index (κ2) is 8.26. The van der Waals surface area contributed by atoms with Gasteiger partial charge in [-0.3, -0.25) is 4.98 Å². The highest BCUT2D eigenvalue weighted by Crippen LogP contribution is 2.20. The molecule has 8 nitrogen and oxygen atoms in total. The van der Waals surface area contributed by atoms with Crippen LogP contribution in [-0.2, 0) is 6.54 Å². The molecule has 27 heavy (non-hydrogen) atoms. The largest absolute Gasteiger partial charge is 0.337 e. The van der Waals surface area contributed by atoms with Gasteiger partial charge in [0.15, 0.2) is 0 Å². The van der Waals surface area contributed by atoms with Gasteiger partial charge >= 0.3 is 6.03 Å². The number of thiazole rings is 1. The zero-order valence-corrected chi connectivity index (χ0v) is 16.5. The first-order chi connectivity index (χ1) is 12.9. The van der Waals surface area contributed by atoms with E-state index in [0.29, 0.717) is 24.2 Å². The van der Waals surface area contributed by atoms with Crippen LogP contribution in [0.3, 0.4) is 0 Å². The van der Waals surface area contributed by atoms with Crippen LogP contribution in [0.1, 0.15) is 49.3 Å². The van der Waals surface area contributed by atoms with Crippen LogP contribution in [0.2, 0.25) is 0 Å². The summed E-state index contributed by atoms with van der Waals surface area (Å²) in [6.45, 7) is 6.44. The first-order valence-electron chi connectivity index (χ1n) is 8.64. The van der Waals surface area contributed by atoms with Crippen molar-refractivity contribution in [3.63, 3.8) is 0 Å². The van der Waals surface area contributed by atoms with Crippen molar-refractivity contribution in [3.05, 3.63) is 46.5 Å². The monoisotopic (exact) mass is 386 g/mol. The third kappa shape index (κ3) is 4.68. The molecule has 3 rings (SSSR count). The quantitative estimate of drug-likeness (QED) is 0.695. The van der Waals surface area contributed by atoms with E-state index in [-0.39, 0.29) is 6.03 Å². The number of pyridine rings is 1. The number of rotatable bonds is 6. The van der Waals surface area contributed by atoms with Gasteiger partial charge in [0, 0.05) is 36.3 Å². The molecular weight excluding hydrogens is 364 g/mol. The maximum atomic E-state index is 12.4. The maximum Gasteiger partial charge on any atom is 0.318 e. The third-order valence-electron chi connectivity index (χ3n) is 3.90. The first kappa shape index (κ1) is 19.0. The van der Waals surface area contributed by atoms with Crippen LogP contribution in [0.4, 0.5) is 4.79 Å². The molecule has 0 radical (unpaired) electrons. The molecule has 142 valence electrons. The highest BCUT2D eigenvalue weighted by molar-refractivity contribution is 7.09. The summed E-state index contributed by atoms with van der Waals surface area (Å²) in [5, 5.41) is 9.88. The van der Waals surface area contributed by atoms with Crippen molar-refractivity contribution in [3.8, 4) is 11.4 Å². The van der Waals surface area contributed by atoms with E-state index in [4.69, 9.17) is 4.52 Å². The van der Waals surface area contributed by atoms with Crippen LogP contribution in [-0.4, -0.2) is 38.1 Å². The summed E-state index contributed by atoms with van der Waals surface area (Å²) in [7, 11) is 1.73. The molecule has 0 bridgehead atoms. The molecule has 2 amide bonds. The van der Waals surface area contributed by atoms with Crippen LogP contribution in [0, 0.1) is 0 Å². The lowest BCUT2D eigenvalue weighted by molar-refractivity contribution is 0.200. The topological polar surface area (TPSA) is 97.0 Å². The van der Waals surface area contributed by atoms with Gasteiger partial charge in [0.2, 0.25) is 11.7 Å². The number of carbonyl (C=O) groups is 1. The first-order valence-corrected chi connectivity index (χ1v) is 9.52. The Bertz CT molecular complexity index is 892. The summed E-state index contributed by atoms with van der Waals surface area (Å²) >= 11 is 1.62. The van der Waals surface area contributed by atoms with Gasteiger partial charge < -0.3 is 14.7 Å². The van der Waals surface area contributed by atoms with Gasteiger partial charge in [-0.2, -0.15) is 4.98 Å². The van der Waals surface area contributed by atoms with Gasteiger partial charge in [0.1, 0.15) is 6.04 Å². The van der Waals surface area contributed by atoms with Crippen molar-refractivity contribution in [2.45, 2.75) is 39.3 Å². The number of hydrogen-bond acceptors (Lipinski definition) is 7. The van der Waals surface area contributed by atoms with E-state index in [9.17, 15) is 4.79 Å². The summed E-state index contributed by atoms with van der Waals surface area (Å²) in [5.74, 6) is 1.19. The number of aromatic nitrogens is 4. The zero-order chi connectivity index (χ0) is 19.4. The van der Waals surface area contributed by atoms with Crippen LogP contribution in [0.5, 0.6) is 0 Å². The number of nitrogens with one attached hydrogen (secondary N) is 1. The molecule has 0 aliphatic rings. The van der Waals surface area contributed by atoms with Gasteiger partial charge in [-0.25, -0.2) is 9.78 Å². The van der Waals surface area contributed by atoms with Crippen molar-refractivity contribution in [1.29, 1.82) is 0 Å². The second-order valence-electron chi connectivity index (χ2n) is 6.55. The Kier molecular flexibility index (Phi) is 5.80. The van der Waals surface area contributed by atoms with Crippen LogP contribution < -0.4 is 5.32 Å². The molecule has 0 spiro atoms. The Labute approximate surface area is 161 Å². The number of urea groups is 1. The SMILES string of the molecule is CC(C)c1nc(CN(C)C(=O)N[C@@H](C)c2nc(-c3ccncc3)no2)cs1. The maximum absolute atomic E-state index is 12.4. The van der Waals surface area contributed by atoms with Crippen LogP contribution in [0.15, 0.2) is 34.4 Å². The molecule has 3 aromatic heterocycles. The fraction of sp³-hybridized carbons (Fsp3) is 0.389. The normalized spacial score (nSPS) is 12.2. The second-order valence-corrected chi connectivity index (χ2v) is 7.44. The van der Waals surface area contributed by atoms with Gasteiger partial charge in [-0.05, 0) is 19.1 Å². The van der Waals surface area contributed by atoms with Gasteiger partial charge in [0.25, 0.3) is 0 Å². The lowest BCUT2D eigenvalue weighted by atomic mass is 10.2. The molecule has 0 fully saturated rings. The standard InChI is InChI=1S/C18H22N6O2S/c1-11(2)17-21-14(10-27-17)9-24(4)18(25)20-12(3)16-22-15(23-26-16)13-5-7-19-8-6-13/h5-8,10-12H,9H2,1-4H3,(H,20,25)/t12-/m0/s1. The molecule has 0 saturated carbocycles. The molecule has 1 atom stereocenters. The van der Waals surface area contributed by atoms with Crippen molar-refractivity contribution in [2.75, 3.05) is 7.05 Å². The van der Waals surface area contributed by atoms with E-state index >= 15 is 0 Å². The van der Waals surface area contributed by atoms with E-state index < -0.39 is 6.04 Å². The minimum absolute atomic E-state index is 0.231. The molecule has 1 N–H and O–H groups in total. The molecule has 0 saturated heterocycles. The Balaban J connectivity index is 1.59. The van der Waals surface area contributed by atoms with Crippen molar-refractivity contribution < 1.29 is 9.32 Å². The zero-order valence-electron chi connectivity index (χ0n) is 15.7. The fourth-order valence-corrected chi connectivity index (χ4v) is 3.19. The van der Waals surface area contributed by atoms with Crippen molar-refractivity contribution in [2.24, 2.45) is 0 Å². The lowest BCUT2D eigenvalue weighted by Gasteiger charge is -2.19. The predicted octanol–water partition coefficient (Wildman–Crippen LogP) is 3.61. The molecule has 3 aromatic rings. The van der Waals surface area contributed by atoms with E-state index in [0.717, 1.165) is 16.3 Å². The predicted molar refractivity (Wildman–Crippen MR) is 102 cm³/mol. The van der Waals surface area contributed by atoms with E-state index in [1.165, 1.54) is 0 Å². The number of carbonyl (C=O) groups excluding carboxylic acids is 1. The minimum atomic E-state index is -0.412. The Morgan fingerprint density at radius 1 is 1.26 bits per heavy atom. The summed E-state index contributed by atoms with van der Waals surface area (Å²) in [6.07, 6.45) is 3.32. The Hall–Kier alpha value is -2.81. The molecular formula is C18H22N6O2S. The third-order valence-corrected chi connectivity index (χ3v) is 5.09.